The molecule has 0 bridgehead atoms. The largest absolute Gasteiger partial charge is 0.390 e. The monoisotopic (exact) mass is 313 g/mol. The van der Waals surface area contributed by atoms with Crippen LogP contribution in [0.3, 0.4) is 0 Å². The van der Waals surface area contributed by atoms with Gasteiger partial charge in [0, 0.05) is 51.0 Å². The molecule has 21 heavy (non-hydrogen) atoms. The molecule has 1 aromatic rings. The molecule has 0 aliphatic carbocycles. The molecule has 1 heterocycles. The zero-order valence-electron chi connectivity index (χ0n) is 13.0. The Bertz CT molecular complexity index is 380. The van der Waals surface area contributed by atoms with Gasteiger partial charge in [0.15, 0.2) is 0 Å². The molecule has 0 aromatic heterocycles. The highest BCUT2D eigenvalue weighted by Crippen LogP contribution is 2.15. The highest BCUT2D eigenvalue weighted by Gasteiger charge is 2.19. The Morgan fingerprint density at radius 1 is 1.10 bits per heavy atom. The third-order valence-electron chi connectivity index (χ3n) is 3.72. The number of aliphatic hydroxyl groups excluding tert-OH is 1. The van der Waals surface area contributed by atoms with Crippen molar-refractivity contribution in [2.24, 2.45) is 0 Å². The van der Waals surface area contributed by atoms with Crippen molar-refractivity contribution in [1.29, 1.82) is 0 Å². The van der Waals surface area contributed by atoms with Gasteiger partial charge in [-0.15, -0.1) is 12.4 Å². The van der Waals surface area contributed by atoms with Crippen LogP contribution in [-0.4, -0.2) is 61.4 Å². The molecule has 1 atom stereocenters. The van der Waals surface area contributed by atoms with Crippen LogP contribution >= 0.6 is 12.4 Å². The Morgan fingerprint density at radius 3 is 2.29 bits per heavy atom. The van der Waals surface area contributed by atoms with Gasteiger partial charge in [0.1, 0.15) is 0 Å². The van der Waals surface area contributed by atoms with E-state index in [2.05, 4.69) is 59.3 Å². The minimum absolute atomic E-state index is 0. The number of hydrogen-bond donors (Lipinski definition) is 2. The molecule has 5 heteroatoms. The maximum Gasteiger partial charge on any atom is 0.0791 e. The number of anilines is 1. The average molecular weight is 314 g/mol. The second-order valence-corrected chi connectivity index (χ2v) is 5.84. The summed E-state index contributed by atoms with van der Waals surface area (Å²) >= 11 is 0. The lowest BCUT2D eigenvalue weighted by atomic mass is 10.2. The molecule has 0 saturated carbocycles. The van der Waals surface area contributed by atoms with E-state index in [0.29, 0.717) is 12.6 Å². The lowest BCUT2D eigenvalue weighted by Gasteiger charge is -2.37. The zero-order chi connectivity index (χ0) is 14.4. The third kappa shape index (κ3) is 6.22. The summed E-state index contributed by atoms with van der Waals surface area (Å²) in [4.78, 5) is 4.77. The van der Waals surface area contributed by atoms with Gasteiger partial charge in [-0.3, -0.25) is 4.90 Å². The van der Waals surface area contributed by atoms with Gasteiger partial charge in [-0.05, 0) is 12.1 Å². The first-order chi connectivity index (χ1) is 9.65. The fraction of sp³-hybridized carbons (Fsp3) is 0.625. The van der Waals surface area contributed by atoms with Crippen molar-refractivity contribution in [3.05, 3.63) is 30.3 Å². The average Bonchev–Trinajstić information content (AvgIpc) is 2.47. The van der Waals surface area contributed by atoms with Crippen LogP contribution in [0.1, 0.15) is 13.8 Å². The molecular weight excluding hydrogens is 286 g/mol. The minimum atomic E-state index is -0.277. The summed E-state index contributed by atoms with van der Waals surface area (Å²) in [7, 11) is 0. The van der Waals surface area contributed by atoms with E-state index in [-0.39, 0.29) is 18.5 Å². The van der Waals surface area contributed by atoms with Gasteiger partial charge in [0.05, 0.1) is 6.10 Å². The summed E-state index contributed by atoms with van der Waals surface area (Å²) in [5, 5.41) is 13.3. The molecule has 1 aliphatic heterocycles. The number of halogens is 1. The van der Waals surface area contributed by atoms with Gasteiger partial charge < -0.3 is 15.3 Å². The van der Waals surface area contributed by atoms with E-state index in [9.17, 15) is 5.11 Å². The number of hydrogen-bond acceptors (Lipinski definition) is 4. The topological polar surface area (TPSA) is 38.7 Å². The van der Waals surface area contributed by atoms with Crippen molar-refractivity contribution in [3.8, 4) is 0 Å². The maximum absolute atomic E-state index is 10.0. The molecule has 2 rings (SSSR count). The van der Waals surface area contributed by atoms with Crippen LogP contribution in [-0.2, 0) is 0 Å². The van der Waals surface area contributed by atoms with E-state index >= 15 is 0 Å². The number of benzene rings is 1. The molecular formula is C16H28ClN3O. The standard InChI is InChI=1S/C16H27N3O.ClH/c1-14(2)17-12-16(20)13-18-8-10-19(11-9-18)15-6-4-3-5-7-15;/h3-7,14,16-17,20H,8-13H2,1-2H3;1H. The van der Waals surface area contributed by atoms with Crippen LogP contribution in [0.5, 0.6) is 0 Å². The van der Waals surface area contributed by atoms with E-state index in [1.54, 1.807) is 0 Å². The second kappa shape index (κ2) is 9.26. The number of β-amino-alcohol motifs (C(OH)–C–C–N with tert-alkyl or cyclic N) is 1. The Hall–Kier alpha value is -0.810. The number of aliphatic hydroxyl groups is 1. The van der Waals surface area contributed by atoms with E-state index in [1.807, 2.05) is 0 Å². The van der Waals surface area contributed by atoms with Gasteiger partial charge in [-0.25, -0.2) is 0 Å². The first-order valence-electron chi connectivity index (χ1n) is 7.59. The van der Waals surface area contributed by atoms with Gasteiger partial charge in [0.25, 0.3) is 0 Å². The minimum Gasteiger partial charge on any atom is -0.390 e. The van der Waals surface area contributed by atoms with Crippen molar-refractivity contribution in [2.75, 3.05) is 44.2 Å². The van der Waals surface area contributed by atoms with Crippen LogP contribution in [0.25, 0.3) is 0 Å². The predicted octanol–water partition coefficient (Wildman–Crippen LogP) is 1.59. The van der Waals surface area contributed by atoms with Crippen LogP contribution < -0.4 is 10.2 Å². The Kier molecular flexibility index (Phi) is 8.04. The number of piperazine rings is 1. The first kappa shape index (κ1) is 18.2. The number of para-hydroxylation sites is 1. The van der Waals surface area contributed by atoms with Crippen molar-refractivity contribution in [3.63, 3.8) is 0 Å². The van der Waals surface area contributed by atoms with E-state index in [1.165, 1.54) is 5.69 Å². The van der Waals surface area contributed by atoms with Crippen LogP contribution in [0, 0.1) is 0 Å². The van der Waals surface area contributed by atoms with Crippen molar-refractivity contribution in [2.45, 2.75) is 26.0 Å². The van der Waals surface area contributed by atoms with E-state index < -0.39 is 0 Å². The lowest BCUT2D eigenvalue weighted by molar-refractivity contribution is 0.106. The molecule has 1 aliphatic rings. The van der Waals surface area contributed by atoms with Crippen LogP contribution in [0.2, 0.25) is 0 Å². The molecule has 0 amide bonds. The maximum atomic E-state index is 10.0. The molecule has 0 spiro atoms. The van der Waals surface area contributed by atoms with Crippen molar-refractivity contribution < 1.29 is 5.11 Å². The summed E-state index contributed by atoms with van der Waals surface area (Å²) in [5.74, 6) is 0. The highest BCUT2D eigenvalue weighted by molar-refractivity contribution is 5.85. The van der Waals surface area contributed by atoms with Gasteiger partial charge in [-0.1, -0.05) is 32.0 Å². The summed E-state index contributed by atoms with van der Waals surface area (Å²) in [5.41, 5.74) is 1.30. The molecule has 1 aromatic carbocycles. The normalized spacial score (nSPS) is 17.6. The molecule has 2 N–H and O–H groups in total. The number of rotatable bonds is 6. The van der Waals surface area contributed by atoms with Gasteiger partial charge in [0.2, 0.25) is 0 Å². The predicted molar refractivity (Wildman–Crippen MR) is 91.5 cm³/mol. The summed E-state index contributed by atoms with van der Waals surface area (Å²) in [6.45, 7) is 9.76. The summed E-state index contributed by atoms with van der Waals surface area (Å²) < 4.78 is 0. The first-order valence-corrected chi connectivity index (χ1v) is 7.59. The Morgan fingerprint density at radius 2 is 1.71 bits per heavy atom. The Labute approximate surface area is 134 Å². The van der Waals surface area contributed by atoms with Gasteiger partial charge in [-0.2, -0.15) is 0 Å². The quantitative estimate of drug-likeness (QED) is 0.836. The fourth-order valence-electron chi connectivity index (χ4n) is 2.56. The smallest absolute Gasteiger partial charge is 0.0791 e. The van der Waals surface area contributed by atoms with Crippen LogP contribution in [0.15, 0.2) is 30.3 Å². The summed E-state index contributed by atoms with van der Waals surface area (Å²) in [6, 6.07) is 11.0. The number of nitrogens with one attached hydrogen (secondary N) is 1. The second-order valence-electron chi connectivity index (χ2n) is 5.84. The molecule has 120 valence electrons. The van der Waals surface area contributed by atoms with Crippen LogP contribution in [0.4, 0.5) is 5.69 Å². The molecule has 1 unspecified atom stereocenters. The molecule has 1 fully saturated rings. The highest BCUT2D eigenvalue weighted by atomic mass is 35.5. The van der Waals surface area contributed by atoms with Gasteiger partial charge >= 0.3 is 0 Å². The Balaban J connectivity index is 0.00000220. The van der Waals surface area contributed by atoms with Crippen molar-refractivity contribution in [1.82, 2.24) is 10.2 Å². The summed E-state index contributed by atoms with van der Waals surface area (Å²) in [6.07, 6.45) is -0.277. The fourth-order valence-corrected chi connectivity index (χ4v) is 2.56. The lowest BCUT2D eigenvalue weighted by Crippen LogP contribution is -2.50. The van der Waals surface area contributed by atoms with Crippen molar-refractivity contribution >= 4 is 18.1 Å². The molecule has 1 saturated heterocycles. The third-order valence-corrected chi connectivity index (χ3v) is 3.72. The molecule has 0 radical (unpaired) electrons. The SMILES string of the molecule is CC(C)NCC(O)CN1CCN(c2ccccc2)CC1.Cl. The van der Waals surface area contributed by atoms with E-state index in [4.69, 9.17) is 0 Å². The zero-order valence-corrected chi connectivity index (χ0v) is 13.9. The molecule has 4 nitrogen and oxygen atoms in total. The number of nitrogens with zero attached hydrogens (tertiary/aromatic N) is 2. The van der Waals surface area contributed by atoms with E-state index in [0.717, 1.165) is 32.7 Å².